The number of alkyl halides is 3. The second kappa shape index (κ2) is 19.4. The molecule has 2 aromatic heterocycles. The summed E-state index contributed by atoms with van der Waals surface area (Å²) in [5.74, 6) is 0.864. The highest BCUT2D eigenvalue weighted by Gasteiger charge is 2.34. The normalized spacial score (nSPS) is 16.6. The molecule has 0 radical (unpaired) electrons. The van der Waals surface area contributed by atoms with Crippen LogP contribution in [0.3, 0.4) is 0 Å². The van der Waals surface area contributed by atoms with E-state index in [4.69, 9.17) is 27.2 Å². The predicted octanol–water partition coefficient (Wildman–Crippen LogP) is 6.59. The first-order valence-corrected chi connectivity index (χ1v) is 18.2. The molecule has 0 spiro atoms. The summed E-state index contributed by atoms with van der Waals surface area (Å²) in [5.41, 5.74) is 7.25. The number of aryl methyl sites for hydroxylation is 2. The highest BCUT2D eigenvalue weighted by Crippen LogP contribution is 2.34. The van der Waals surface area contributed by atoms with Gasteiger partial charge in [0, 0.05) is 5.54 Å². The van der Waals surface area contributed by atoms with Crippen LogP contribution in [-0.2, 0) is 4.79 Å². The predicted molar refractivity (Wildman–Crippen MR) is 184 cm³/mol. The van der Waals surface area contributed by atoms with Crippen LogP contribution < -0.4 is 11.1 Å². The minimum atomic E-state index is -4.64. The molecule has 2 aliphatic rings. The number of aliphatic hydroxyl groups excluding tert-OH is 2. The molecule has 0 aromatic carbocycles. The standard InChI is InChI=1S/C12H18IN3OS.C6H6ClIN2S.C6H13NO.C2HF3O/c1-8-9(13)10(15-11(14-8)18-2)16-12(7-17)5-3-4-6-12;1-3-4(8)5(7)10-6(9-3)11-2;7-6(5-8)3-1-2-4-6;3-2(4,5)1-6/h17H,3-7H2,1-2H3,(H,14,15,16);1-2H3;8H,1-5,7H2;1H. The number of aromatic nitrogens is 4. The molecule has 2 aliphatic carbocycles. The average molecular weight is 893 g/mol. The lowest BCUT2D eigenvalue weighted by Gasteiger charge is -2.29. The van der Waals surface area contributed by atoms with Gasteiger partial charge in [-0.1, -0.05) is 60.8 Å². The lowest BCUT2D eigenvalue weighted by Crippen LogP contribution is -2.40. The Hall–Kier alpha value is -0.250. The molecule has 2 aromatic rings. The van der Waals surface area contributed by atoms with Gasteiger partial charge in [0.2, 0.25) is 6.29 Å². The number of halogens is 6. The highest BCUT2D eigenvalue weighted by atomic mass is 127. The summed E-state index contributed by atoms with van der Waals surface area (Å²) < 4.78 is 33.2. The molecule has 244 valence electrons. The number of aldehydes is 1. The Balaban J connectivity index is 0.000000316. The Morgan fingerprint density at radius 3 is 1.72 bits per heavy atom. The number of rotatable bonds is 6. The third-order valence-corrected chi connectivity index (χ3v) is 10.9. The largest absolute Gasteiger partial charge is 0.446 e. The summed E-state index contributed by atoms with van der Waals surface area (Å²) in [6.07, 6.45) is 6.95. The Labute approximate surface area is 291 Å². The van der Waals surface area contributed by atoms with Crippen LogP contribution in [0.25, 0.3) is 0 Å². The molecule has 17 heteroatoms. The van der Waals surface area contributed by atoms with Crippen molar-refractivity contribution in [2.24, 2.45) is 5.73 Å². The van der Waals surface area contributed by atoms with Crippen LogP contribution in [-0.4, -0.2) is 79.4 Å². The van der Waals surface area contributed by atoms with E-state index in [1.807, 2.05) is 26.4 Å². The molecule has 4 rings (SSSR count). The number of anilines is 1. The molecule has 0 unspecified atom stereocenters. The highest BCUT2D eigenvalue weighted by molar-refractivity contribution is 14.1. The van der Waals surface area contributed by atoms with Crippen LogP contribution in [0.5, 0.6) is 0 Å². The van der Waals surface area contributed by atoms with Gasteiger partial charge in [-0.25, -0.2) is 19.9 Å². The molecule has 2 heterocycles. The van der Waals surface area contributed by atoms with Gasteiger partial charge in [0.25, 0.3) is 0 Å². The summed E-state index contributed by atoms with van der Waals surface area (Å²) in [4.78, 5) is 25.9. The van der Waals surface area contributed by atoms with E-state index in [1.54, 1.807) is 11.8 Å². The zero-order chi connectivity index (χ0) is 32.8. The van der Waals surface area contributed by atoms with Gasteiger partial charge < -0.3 is 21.3 Å². The first kappa shape index (κ1) is 40.8. The number of thioether (sulfide) groups is 2. The molecule has 2 fully saturated rings. The Morgan fingerprint density at radius 1 is 0.907 bits per heavy atom. The van der Waals surface area contributed by atoms with E-state index in [2.05, 4.69) is 70.4 Å². The number of carbonyl (C=O) groups is 1. The fourth-order valence-corrected chi connectivity index (χ4v) is 5.87. The zero-order valence-corrected chi connectivity index (χ0v) is 31.1. The van der Waals surface area contributed by atoms with Crippen molar-refractivity contribution in [1.82, 2.24) is 19.9 Å². The number of aliphatic hydroxyl groups is 2. The number of nitrogens with two attached hydrogens (primary N) is 1. The second-order valence-corrected chi connectivity index (χ2v) is 14.1. The lowest BCUT2D eigenvalue weighted by atomic mass is 9.99. The van der Waals surface area contributed by atoms with Crippen molar-refractivity contribution >= 4 is 92.4 Å². The fraction of sp³-hybridized carbons (Fsp3) is 0.654. The quantitative estimate of drug-likeness (QED) is 0.0820. The number of hydrogen-bond acceptors (Lipinski definition) is 11. The summed E-state index contributed by atoms with van der Waals surface area (Å²) in [6.45, 7) is 4.25. The molecule has 2 saturated carbocycles. The van der Waals surface area contributed by atoms with Gasteiger partial charge in [-0.05, 0) is 97.2 Å². The minimum absolute atomic E-state index is 0.160. The van der Waals surface area contributed by atoms with Gasteiger partial charge in [0.1, 0.15) is 11.0 Å². The van der Waals surface area contributed by atoms with Gasteiger partial charge >= 0.3 is 6.18 Å². The van der Waals surface area contributed by atoms with Gasteiger partial charge in [-0.3, -0.25) is 4.79 Å². The van der Waals surface area contributed by atoms with E-state index in [0.29, 0.717) is 5.15 Å². The maximum Gasteiger partial charge on any atom is 0.446 e. The second-order valence-electron chi connectivity index (χ2n) is 10.0. The third kappa shape index (κ3) is 14.4. The van der Waals surface area contributed by atoms with Crippen LogP contribution in [0.1, 0.15) is 62.8 Å². The minimum Gasteiger partial charge on any atom is -0.394 e. The average Bonchev–Trinajstić information content (AvgIpc) is 3.64. The number of nitrogens with zero attached hydrogens (tertiary/aromatic N) is 4. The van der Waals surface area contributed by atoms with Gasteiger partial charge in [-0.15, -0.1) is 0 Å². The molecule has 0 amide bonds. The molecule has 43 heavy (non-hydrogen) atoms. The number of hydrogen-bond donors (Lipinski definition) is 4. The monoisotopic (exact) mass is 892 g/mol. The van der Waals surface area contributed by atoms with Gasteiger partial charge in [0.05, 0.1) is 37.3 Å². The van der Waals surface area contributed by atoms with Crippen LogP contribution in [0.4, 0.5) is 19.0 Å². The van der Waals surface area contributed by atoms with Crippen molar-refractivity contribution in [3.63, 3.8) is 0 Å². The summed E-state index contributed by atoms with van der Waals surface area (Å²) >= 11 is 13.3. The van der Waals surface area contributed by atoms with E-state index in [9.17, 15) is 18.3 Å². The summed E-state index contributed by atoms with van der Waals surface area (Å²) in [7, 11) is 0. The summed E-state index contributed by atoms with van der Waals surface area (Å²) in [6, 6.07) is 0. The Morgan fingerprint density at radius 2 is 1.35 bits per heavy atom. The van der Waals surface area contributed by atoms with E-state index in [-0.39, 0.29) is 24.3 Å². The van der Waals surface area contributed by atoms with Crippen LogP contribution in [0, 0.1) is 21.0 Å². The van der Waals surface area contributed by atoms with Crippen molar-refractivity contribution in [1.29, 1.82) is 0 Å². The fourth-order valence-electron chi connectivity index (χ4n) is 4.16. The molecule has 9 nitrogen and oxygen atoms in total. The van der Waals surface area contributed by atoms with Crippen LogP contribution >= 0.6 is 80.3 Å². The first-order chi connectivity index (χ1) is 20.1. The molecule has 0 atom stereocenters. The third-order valence-electron chi connectivity index (χ3n) is 6.61. The van der Waals surface area contributed by atoms with Crippen molar-refractivity contribution in [2.75, 3.05) is 31.0 Å². The smallest absolute Gasteiger partial charge is 0.394 e. The van der Waals surface area contributed by atoms with Crippen LogP contribution in [0.15, 0.2) is 10.3 Å². The van der Waals surface area contributed by atoms with Crippen molar-refractivity contribution in [3.05, 3.63) is 23.7 Å². The van der Waals surface area contributed by atoms with Crippen molar-refractivity contribution < 1.29 is 28.2 Å². The van der Waals surface area contributed by atoms with E-state index < -0.39 is 12.5 Å². The van der Waals surface area contributed by atoms with E-state index >= 15 is 0 Å². The Bertz CT molecular complexity index is 1150. The first-order valence-electron chi connectivity index (χ1n) is 13.2. The van der Waals surface area contributed by atoms with Gasteiger partial charge in [-0.2, -0.15) is 13.2 Å². The molecular formula is C26H38ClF3I2N6O3S2. The van der Waals surface area contributed by atoms with Crippen molar-refractivity contribution in [3.8, 4) is 0 Å². The maximum atomic E-state index is 10.4. The molecule has 0 bridgehead atoms. The summed E-state index contributed by atoms with van der Waals surface area (Å²) in [5, 5.41) is 23.9. The molecule has 0 aliphatic heterocycles. The number of carbonyl (C=O) groups excluding carboxylic acids is 1. The molecular weight excluding hydrogens is 855 g/mol. The lowest BCUT2D eigenvalue weighted by molar-refractivity contribution is -0.156. The van der Waals surface area contributed by atoms with Gasteiger partial charge in [0.15, 0.2) is 10.3 Å². The molecule has 5 N–H and O–H groups in total. The van der Waals surface area contributed by atoms with Crippen molar-refractivity contribution in [2.45, 2.75) is 92.8 Å². The number of nitrogens with one attached hydrogen (secondary N) is 1. The van der Waals surface area contributed by atoms with E-state index in [1.165, 1.54) is 37.4 Å². The zero-order valence-electron chi connectivity index (χ0n) is 24.4. The molecule has 0 saturated heterocycles. The van der Waals surface area contributed by atoms with Crippen LogP contribution in [0.2, 0.25) is 5.15 Å². The Kier molecular flexibility index (Phi) is 18.4. The maximum absolute atomic E-state index is 10.4. The van der Waals surface area contributed by atoms with E-state index in [0.717, 1.165) is 60.3 Å². The SMILES string of the molecule is CSc1nc(C)c(I)c(Cl)n1.CSc1nc(C)c(I)c(NC2(CO)CCCC2)n1.NC1(CO)CCCC1.O=CC(F)(F)F. The topological polar surface area (TPSA) is 147 Å².